The number of anilines is 1. The Hall–Kier alpha value is -2.19. The van der Waals surface area contributed by atoms with E-state index in [1.807, 2.05) is 6.92 Å². The lowest BCUT2D eigenvalue weighted by Crippen LogP contribution is -2.35. The van der Waals surface area contributed by atoms with Crippen LogP contribution in [0.25, 0.3) is 0 Å². The molecule has 0 unspecified atom stereocenters. The lowest BCUT2D eigenvalue weighted by Gasteiger charge is -2.30. The number of carbonyl (C=O) groups excluding carboxylic acids is 2. The second-order valence-corrected chi connectivity index (χ2v) is 8.14. The highest BCUT2D eigenvalue weighted by atomic mass is 32.1. The van der Waals surface area contributed by atoms with Crippen LogP contribution in [-0.4, -0.2) is 45.8 Å². The fourth-order valence-corrected chi connectivity index (χ4v) is 4.62. The number of thiophene rings is 1. The Morgan fingerprint density at radius 1 is 1.41 bits per heavy atom. The number of amides is 1. The summed E-state index contributed by atoms with van der Waals surface area (Å²) >= 11 is 1.46. The smallest absolute Gasteiger partial charge is 0.341 e. The lowest BCUT2D eigenvalue weighted by atomic mass is 10.0. The molecule has 1 aliphatic rings. The van der Waals surface area contributed by atoms with Crippen molar-refractivity contribution in [2.75, 3.05) is 18.5 Å². The Bertz CT molecular complexity index is 869. The monoisotopic (exact) mass is 390 g/mol. The molecule has 146 valence electrons. The quantitative estimate of drug-likeness (QED) is 0.795. The number of aryl methyl sites for hydroxylation is 2. The number of ether oxygens (including phenoxy) is 1. The topological polar surface area (TPSA) is 76.5 Å². The molecule has 1 amide bonds. The SMILES string of the molecule is CCOC(=O)c1c(NC(=O)c2nn(C)cc2C)sc2c1CCN(C(C)C)C2. The summed E-state index contributed by atoms with van der Waals surface area (Å²) in [5.74, 6) is -0.681. The van der Waals surface area contributed by atoms with Crippen molar-refractivity contribution in [2.45, 2.75) is 46.7 Å². The molecule has 0 radical (unpaired) electrons. The van der Waals surface area contributed by atoms with Gasteiger partial charge in [-0.05, 0) is 39.7 Å². The molecule has 0 saturated carbocycles. The zero-order valence-corrected chi connectivity index (χ0v) is 17.3. The molecular weight excluding hydrogens is 364 g/mol. The number of esters is 1. The van der Waals surface area contributed by atoms with Crippen molar-refractivity contribution in [2.24, 2.45) is 7.05 Å². The first-order valence-electron chi connectivity index (χ1n) is 9.19. The molecule has 0 bridgehead atoms. The van der Waals surface area contributed by atoms with Gasteiger partial charge in [0.25, 0.3) is 5.91 Å². The molecule has 0 aromatic carbocycles. The van der Waals surface area contributed by atoms with Gasteiger partial charge in [-0.2, -0.15) is 5.10 Å². The number of fused-ring (bicyclic) bond motifs is 1. The molecule has 3 rings (SSSR count). The fourth-order valence-electron chi connectivity index (χ4n) is 3.36. The first-order valence-corrected chi connectivity index (χ1v) is 10.0. The normalized spacial score (nSPS) is 14.3. The van der Waals surface area contributed by atoms with E-state index in [1.165, 1.54) is 11.3 Å². The maximum atomic E-state index is 12.7. The van der Waals surface area contributed by atoms with Gasteiger partial charge in [0.2, 0.25) is 0 Å². The molecule has 1 N–H and O–H groups in total. The third-order valence-corrected chi connectivity index (χ3v) is 5.88. The second kappa shape index (κ2) is 7.82. The lowest BCUT2D eigenvalue weighted by molar-refractivity contribution is 0.0526. The van der Waals surface area contributed by atoms with Gasteiger partial charge in [-0.3, -0.25) is 14.4 Å². The molecule has 0 aliphatic carbocycles. The molecule has 2 aromatic heterocycles. The van der Waals surface area contributed by atoms with Crippen LogP contribution in [0.3, 0.4) is 0 Å². The molecule has 7 nitrogen and oxygen atoms in total. The number of nitrogens with zero attached hydrogens (tertiary/aromatic N) is 3. The molecule has 0 saturated heterocycles. The number of hydrogen-bond acceptors (Lipinski definition) is 6. The third kappa shape index (κ3) is 3.91. The van der Waals surface area contributed by atoms with Crippen LogP contribution >= 0.6 is 11.3 Å². The largest absolute Gasteiger partial charge is 0.462 e. The summed E-state index contributed by atoms with van der Waals surface area (Å²) in [7, 11) is 1.78. The first-order chi connectivity index (χ1) is 12.8. The summed E-state index contributed by atoms with van der Waals surface area (Å²) in [6, 6.07) is 0.431. The van der Waals surface area contributed by atoms with Gasteiger partial charge in [0.1, 0.15) is 5.00 Å². The maximum absolute atomic E-state index is 12.7. The Morgan fingerprint density at radius 2 is 2.15 bits per heavy atom. The number of hydrogen-bond donors (Lipinski definition) is 1. The predicted octanol–water partition coefficient (Wildman–Crippen LogP) is 2.99. The van der Waals surface area contributed by atoms with Crippen LogP contribution in [0.15, 0.2) is 6.20 Å². The van der Waals surface area contributed by atoms with Gasteiger partial charge in [0.05, 0.1) is 12.2 Å². The van der Waals surface area contributed by atoms with E-state index in [9.17, 15) is 9.59 Å². The number of rotatable bonds is 5. The Morgan fingerprint density at radius 3 is 2.74 bits per heavy atom. The standard InChI is InChI=1S/C19H26N4O3S/c1-6-26-19(25)15-13-7-8-23(11(2)3)10-14(13)27-18(15)20-17(24)16-12(4)9-22(5)21-16/h9,11H,6-8,10H2,1-5H3,(H,20,24). The van der Waals surface area contributed by atoms with E-state index in [0.29, 0.717) is 28.9 Å². The van der Waals surface area contributed by atoms with Crippen molar-refractivity contribution in [3.05, 3.63) is 33.5 Å². The molecule has 0 fully saturated rings. The highest BCUT2D eigenvalue weighted by Crippen LogP contribution is 2.38. The Labute approximate surface area is 163 Å². The van der Waals surface area contributed by atoms with Gasteiger partial charge in [-0.15, -0.1) is 11.3 Å². The number of aromatic nitrogens is 2. The van der Waals surface area contributed by atoms with Crippen LogP contribution in [-0.2, 0) is 24.8 Å². The van der Waals surface area contributed by atoms with Crippen molar-refractivity contribution < 1.29 is 14.3 Å². The summed E-state index contributed by atoms with van der Waals surface area (Å²) < 4.78 is 6.87. The summed E-state index contributed by atoms with van der Waals surface area (Å²) in [4.78, 5) is 28.8. The molecule has 27 heavy (non-hydrogen) atoms. The predicted molar refractivity (Wildman–Crippen MR) is 105 cm³/mol. The highest BCUT2D eigenvalue weighted by Gasteiger charge is 2.30. The van der Waals surface area contributed by atoms with Crippen molar-refractivity contribution in [1.82, 2.24) is 14.7 Å². The van der Waals surface area contributed by atoms with E-state index in [-0.39, 0.29) is 11.9 Å². The summed E-state index contributed by atoms with van der Waals surface area (Å²) in [5, 5.41) is 7.68. The van der Waals surface area contributed by atoms with Crippen LogP contribution < -0.4 is 5.32 Å². The zero-order chi connectivity index (χ0) is 19.7. The van der Waals surface area contributed by atoms with Gasteiger partial charge in [0, 0.05) is 42.8 Å². The van der Waals surface area contributed by atoms with Gasteiger partial charge >= 0.3 is 5.97 Å². The van der Waals surface area contributed by atoms with Crippen LogP contribution in [0.2, 0.25) is 0 Å². The van der Waals surface area contributed by atoms with Crippen LogP contribution in [0, 0.1) is 6.92 Å². The molecule has 8 heteroatoms. The zero-order valence-electron chi connectivity index (χ0n) is 16.5. The highest BCUT2D eigenvalue weighted by molar-refractivity contribution is 7.17. The number of carbonyl (C=O) groups is 2. The van der Waals surface area contributed by atoms with Gasteiger partial charge in [-0.1, -0.05) is 0 Å². The van der Waals surface area contributed by atoms with Gasteiger partial charge in [0.15, 0.2) is 5.69 Å². The minimum atomic E-state index is -0.374. The fraction of sp³-hybridized carbons (Fsp3) is 0.526. The number of nitrogens with one attached hydrogen (secondary N) is 1. The van der Waals surface area contributed by atoms with E-state index < -0.39 is 0 Å². The summed E-state index contributed by atoms with van der Waals surface area (Å²) in [5.41, 5.74) is 2.66. The van der Waals surface area contributed by atoms with Crippen molar-refractivity contribution in [3.8, 4) is 0 Å². The average molecular weight is 391 g/mol. The second-order valence-electron chi connectivity index (χ2n) is 7.03. The Balaban J connectivity index is 1.95. The summed E-state index contributed by atoms with van der Waals surface area (Å²) in [6.07, 6.45) is 2.57. The average Bonchev–Trinajstić information content (AvgIpc) is 3.13. The van der Waals surface area contributed by atoms with E-state index in [2.05, 4.69) is 29.2 Å². The molecule has 1 aliphatic heterocycles. The van der Waals surface area contributed by atoms with Gasteiger partial charge < -0.3 is 10.1 Å². The van der Waals surface area contributed by atoms with E-state index in [0.717, 1.165) is 35.5 Å². The van der Waals surface area contributed by atoms with Gasteiger partial charge in [-0.25, -0.2) is 4.79 Å². The molecule has 2 aromatic rings. The first kappa shape index (κ1) is 19.6. The van der Waals surface area contributed by atoms with E-state index in [4.69, 9.17) is 4.74 Å². The molecule has 3 heterocycles. The van der Waals surface area contributed by atoms with E-state index in [1.54, 1.807) is 24.9 Å². The minimum absolute atomic E-state index is 0.300. The van der Waals surface area contributed by atoms with Crippen LogP contribution in [0.4, 0.5) is 5.00 Å². The maximum Gasteiger partial charge on any atom is 0.341 e. The van der Waals surface area contributed by atoms with Crippen LogP contribution in [0.1, 0.15) is 57.6 Å². The molecule has 0 atom stereocenters. The third-order valence-electron chi connectivity index (χ3n) is 4.75. The molecule has 0 spiro atoms. The van der Waals surface area contributed by atoms with E-state index >= 15 is 0 Å². The Kier molecular flexibility index (Phi) is 5.67. The van der Waals surface area contributed by atoms with Crippen molar-refractivity contribution in [3.63, 3.8) is 0 Å². The van der Waals surface area contributed by atoms with Crippen LogP contribution in [0.5, 0.6) is 0 Å². The minimum Gasteiger partial charge on any atom is -0.462 e. The van der Waals surface area contributed by atoms with Crippen molar-refractivity contribution >= 4 is 28.2 Å². The molecular formula is C19H26N4O3S. The summed E-state index contributed by atoms with van der Waals surface area (Å²) in [6.45, 7) is 9.92. The van der Waals surface area contributed by atoms with Crippen molar-refractivity contribution in [1.29, 1.82) is 0 Å².